The normalized spacial score (nSPS) is 15.3. The maximum Gasteiger partial charge on any atom is 0.410 e. The smallest absolute Gasteiger partial charge is 0.410 e. The quantitative estimate of drug-likeness (QED) is 0.523. The van der Waals surface area contributed by atoms with Crippen molar-refractivity contribution >= 4 is 40.8 Å². The number of halogens is 1. The van der Waals surface area contributed by atoms with Crippen LogP contribution in [0.5, 0.6) is 0 Å². The number of benzene rings is 1. The maximum absolute atomic E-state index is 14.2. The number of carbonyl (C=O) groups is 2. The van der Waals surface area contributed by atoms with Gasteiger partial charge in [0, 0.05) is 38.6 Å². The first-order valence-electron chi connectivity index (χ1n) is 12.8. The number of nitrogens with zero attached hydrogens (tertiary/aromatic N) is 5. The van der Waals surface area contributed by atoms with Gasteiger partial charge >= 0.3 is 11.8 Å². The van der Waals surface area contributed by atoms with Crippen LogP contribution in [0.3, 0.4) is 0 Å². The third-order valence-corrected chi connectivity index (χ3v) is 7.45. The number of rotatable bonds is 4. The van der Waals surface area contributed by atoms with Gasteiger partial charge in [-0.25, -0.2) is 23.5 Å². The van der Waals surface area contributed by atoms with E-state index in [1.807, 2.05) is 37.8 Å². The van der Waals surface area contributed by atoms with E-state index in [1.165, 1.54) is 23.5 Å². The van der Waals surface area contributed by atoms with Crippen LogP contribution in [0.2, 0.25) is 0 Å². The van der Waals surface area contributed by atoms with E-state index in [0.29, 0.717) is 49.1 Å². The van der Waals surface area contributed by atoms with Crippen LogP contribution >= 0.6 is 11.3 Å². The molecule has 1 aliphatic carbocycles. The zero-order valence-electron chi connectivity index (χ0n) is 22.4. The summed E-state index contributed by atoms with van der Waals surface area (Å²) in [5, 5.41) is 4.79. The van der Waals surface area contributed by atoms with E-state index < -0.39 is 17.3 Å². The van der Waals surface area contributed by atoms with Crippen molar-refractivity contribution in [2.75, 3.05) is 36.4 Å². The largest absolute Gasteiger partial charge is 0.444 e. The number of allylic oxidation sites excluding steroid dienone is 1. The molecule has 2 aliphatic rings. The third kappa shape index (κ3) is 5.47. The Bertz CT molecular complexity index is 1510. The molecule has 3 aromatic rings. The van der Waals surface area contributed by atoms with Gasteiger partial charge in [0.2, 0.25) is 0 Å². The van der Waals surface area contributed by atoms with Crippen molar-refractivity contribution in [2.24, 2.45) is 7.05 Å². The minimum absolute atomic E-state index is 0.135. The van der Waals surface area contributed by atoms with Gasteiger partial charge in [0.25, 0.3) is 5.91 Å². The summed E-state index contributed by atoms with van der Waals surface area (Å²) in [6.07, 6.45) is 5.11. The number of aromatic nitrogens is 3. The number of fused-ring (bicyclic) bond motifs is 1. The maximum atomic E-state index is 14.2. The molecule has 12 heteroatoms. The molecule has 1 fully saturated rings. The fraction of sp³-hybridized carbons (Fsp3) is 0.407. The number of hydrogen-bond acceptors (Lipinski definition) is 7. The summed E-state index contributed by atoms with van der Waals surface area (Å²) < 4.78 is 22.8. The lowest BCUT2D eigenvalue weighted by molar-refractivity contribution is 0.0240. The fourth-order valence-corrected chi connectivity index (χ4v) is 5.56. The molecule has 5 rings (SSSR count). The number of nitrogens with one attached hydrogen (secondary N) is 1. The summed E-state index contributed by atoms with van der Waals surface area (Å²) in [7, 11) is 1.72. The van der Waals surface area contributed by atoms with Crippen molar-refractivity contribution in [3.05, 3.63) is 63.0 Å². The van der Waals surface area contributed by atoms with Crippen LogP contribution in [-0.4, -0.2) is 62.8 Å². The summed E-state index contributed by atoms with van der Waals surface area (Å²) in [6.45, 7) is 7.31. The molecule has 0 atom stereocenters. The van der Waals surface area contributed by atoms with Crippen molar-refractivity contribution in [1.82, 2.24) is 19.0 Å². The van der Waals surface area contributed by atoms with E-state index in [9.17, 15) is 18.8 Å². The molecule has 0 radical (unpaired) electrons. The Kier molecular flexibility index (Phi) is 7.06. The number of anilines is 2. The highest BCUT2D eigenvalue weighted by molar-refractivity contribution is 7.12. The monoisotopic (exact) mass is 554 g/mol. The van der Waals surface area contributed by atoms with Crippen LogP contribution in [0.4, 0.5) is 20.6 Å². The standard InChI is InChI=1S/C27H31FN6O4S/c1-27(2,3)38-26(37)33-13-11-32(12-14-33)20-10-9-17(28)15-18(20)29-23(35)19-16-39-24(30-19)34-22-8-6-5-7-21(22)31(4)25(34)36/h5,7,9-10,15-16H,6,8,11-14H2,1-4H3,(H,29,35). The zero-order chi connectivity index (χ0) is 27.9. The first-order chi connectivity index (χ1) is 18.5. The Hall–Kier alpha value is -3.93. The molecule has 3 heterocycles. The molecule has 10 nitrogen and oxygen atoms in total. The summed E-state index contributed by atoms with van der Waals surface area (Å²) in [4.78, 5) is 46.6. The van der Waals surface area contributed by atoms with Gasteiger partial charge in [-0.05, 0) is 57.9 Å². The van der Waals surface area contributed by atoms with Crippen molar-refractivity contribution in [3.8, 4) is 5.13 Å². The molecule has 2 aromatic heterocycles. The highest BCUT2D eigenvalue weighted by atomic mass is 32.1. The summed E-state index contributed by atoms with van der Waals surface area (Å²) in [6, 6.07) is 4.22. The van der Waals surface area contributed by atoms with E-state index in [0.717, 1.165) is 17.8 Å². The first kappa shape index (κ1) is 26.7. The molecule has 0 saturated carbocycles. The number of ether oxygens (including phenoxy) is 1. The number of piperazine rings is 1. The van der Waals surface area contributed by atoms with Crippen LogP contribution in [0.25, 0.3) is 11.2 Å². The molecule has 2 amide bonds. The average molecular weight is 555 g/mol. The Balaban J connectivity index is 1.32. The first-order valence-corrected chi connectivity index (χ1v) is 13.7. The number of imidazole rings is 1. The lowest BCUT2D eigenvalue weighted by Gasteiger charge is -2.37. The van der Waals surface area contributed by atoms with Gasteiger partial charge in [-0.1, -0.05) is 6.08 Å². The van der Waals surface area contributed by atoms with Crippen LogP contribution in [0.15, 0.2) is 34.4 Å². The van der Waals surface area contributed by atoms with Crippen LogP contribution < -0.4 is 15.9 Å². The second-order valence-corrected chi connectivity index (χ2v) is 11.4. The number of carbonyl (C=O) groups excluding carboxylic acids is 2. The summed E-state index contributed by atoms with van der Waals surface area (Å²) in [5.41, 5.74) is 1.99. The van der Waals surface area contributed by atoms with E-state index in [1.54, 1.807) is 32.5 Å². The van der Waals surface area contributed by atoms with E-state index in [4.69, 9.17) is 4.74 Å². The molecule has 1 aromatic carbocycles. The Labute approximate surface area is 229 Å². The van der Waals surface area contributed by atoms with Gasteiger partial charge in [-0.2, -0.15) is 0 Å². The van der Waals surface area contributed by atoms with Crippen LogP contribution in [-0.2, 0) is 18.2 Å². The van der Waals surface area contributed by atoms with Crippen molar-refractivity contribution in [1.29, 1.82) is 0 Å². The highest BCUT2D eigenvalue weighted by Gasteiger charge is 2.28. The highest BCUT2D eigenvalue weighted by Crippen LogP contribution is 2.29. The van der Waals surface area contributed by atoms with E-state index >= 15 is 0 Å². The van der Waals surface area contributed by atoms with E-state index in [2.05, 4.69) is 10.3 Å². The Morgan fingerprint density at radius 2 is 1.90 bits per heavy atom. The lowest BCUT2D eigenvalue weighted by Crippen LogP contribution is -2.50. The Morgan fingerprint density at radius 1 is 1.15 bits per heavy atom. The molecule has 206 valence electrons. The average Bonchev–Trinajstić information content (AvgIpc) is 3.46. The van der Waals surface area contributed by atoms with Crippen LogP contribution in [0, 0.1) is 5.82 Å². The van der Waals surface area contributed by atoms with Gasteiger partial charge < -0.3 is 19.9 Å². The van der Waals surface area contributed by atoms with Crippen LogP contribution in [0.1, 0.15) is 49.1 Å². The number of amides is 2. The second-order valence-electron chi connectivity index (χ2n) is 10.5. The van der Waals surface area contributed by atoms with Gasteiger partial charge in [-0.15, -0.1) is 11.3 Å². The predicted molar refractivity (Wildman–Crippen MR) is 148 cm³/mol. The number of thiazole rings is 1. The topological polar surface area (TPSA) is 102 Å². The minimum Gasteiger partial charge on any atom is -0.444 e. The molecule has 0 spiro atoms. The van der Waals surface area contributed by atoms with Gasteiger partial charge in [0.15, 0.2) is 5.13 Å². The van der Waals surface area contributed by atoms with Gasteiger partial charge in [0.05, 0.1) is 22.8 Å². The van der Waals surface area contributed by atoms with Gasteiger partial charge in [0.1, 0.15) is 17.1 Å². The third-order valence-electron chi connectivity index (χ3n) is 6.62. The minimum atomic E-state index is -0.581. The summed E-state index contributed by atoms with van der Waals surface area (Å²) >= 11 is 1.20. The molecule has 1 aliphatic heterocycles. The van der Waals surface area contributed by atoms with Crippen molar-refractivity contribution < 1.29 is 18.7 Å². The Morgan fingerprint density at radius 3 is 2.62 bits per heavy atom. The molecule has 1 N–H and O–H groups in total. The predicted octanol–water partition coefficient (Wildman–Crippen LogP) is 4.04. The fourth-order valence-electron chi connectivity index (χ4n) is 4.73. The van der Waals surface area contributed by atoms with Gasteiger partial charge in [-0.3, -0.25) is 9.36 Å². The summed E-state index contributed by atoms with van der Waals surface area (Å²) in [5.74, 6) is -0.995. The lowest BCUT2D eigenvalue weighted by atomic mass is 10.1. The molecule has 0 unspecified atom stereocenters. The SMILES string of the molecule is Cn1c2c(n(-c3nc(C(=O)Nc4cc(F)ccc4N4CCN(C(=O)OC(C)(C)C)CC4)cs3)c1=O)CCC=C2. The molecule has 0 bridgehead atoms. The van der Waals surface area contributed by atoms with E-state index in [-0.39, 0.29) is 17.5 Å². The second kappa shape index (κ2) is 10.3. The molecular weight excluding hydrogens is 523 g/mol. The zero-order valence-corrected chi connectivity index (χ0v) is 23.2. The molecular formula is C27H31FN6O4S. The van der Waals surface area contributed by atoms with Crippen molar-refractivity contribution in [2.45, 2.75) is 39.2 Å². The molecule has 39 heavy (non-hydrogen) atoms. The molecule has 1 saturated heterocycles. The van der Waals surface area contributed by atoms with Crippen molar-refractivity contribution in [3.63, 3.8) is 0 Å². The number of hydrogen-bond donors (Lipinski definition) is 1.